The third-order valence-corrected chi connectivity index (χ3v) is 5.41. The third kappa shape index (κ3) is 4.57. The number of nitrogens with zero attached hydrogens (tertiary/aromatic N) is 1. The van der Waals surface area contributed by atoms with E-state index in [1.165, 1.54) is 0 Å². The first-order chi connectivity index (χ1) is 15.0. The minimum atomic E-state index is -0.385. The van der Waals surface area contributed by atoms with Gasteiger partial charge in [-0.25, -0.2) is 0 Å². The van der Waals surface area contributed by atoms with Gasteiger partial charge in [-0.2, -0.15) is 0 Å². The number of carbonyl (C=O) groups is 1. The molecule has 4 aromatic carbocycles. The van der Waals surface area contributed by atoms with Gasteiger partial charge in [-0.1, -0.05) is 72.3 Å². The van der Waals surface area contributed by atoms with Crippen LogP contribution in [0.1, 0.15) is 11.1 Å². The Kier molecular flexibility index (Phi) is 5.96. The molecule has 0 aliphatic carbocycles. The standard InChI is InChI=1S/C26H23N3OS/c1-18-13-15-21(16-14-18)29(24-12-5-3-8-20(24)17-25(27)30)26(31)28-23-11-6-9-19-7-2-4-10-22(19)23/h2-16H,17H2,1H3,(H2,27,30)(H,28,31). The molecule has 0 aliphatic rings. The fourth-order valence-electron chi connectivity index (χ4n) is 3.63. The summed E-state index contributed by atoms with van der Waals surface area (Å²) >= 11 is 5.89. The number of nitrogens with one attached hydrogen (secondary N) is 1. The number of hydrogen-bond acceptors (Lipinski definition) is 2. The molecule has 0 saturated carbocycles. The topological polar surface area (TPSA) is 58.4 Å². The van der Waals surface area contributed by atoms with E-state index in [-0.39, 0.29) is 12.3 Å². The van der Waals surface area contributed by atoms with E-state index < -0.39 is 0 Å². The average molecular weight is 426 g/mol. The van der Waals surface area contributed by atoms with E-state index in [2.05, 4.69) is 23.5 Å². The number of aryl methyl sites for hydroxylation is 1. The number of para-hydroxylation sites is 1. The Hall–Kier alpha value is -3.70. The maximum atomic E-state index is 11.7. The van der Waals surface area contributed by atoms with E-state index in [1.807, 2.05) is 84.6 Å². The lowest BCUT2D eigenvalue weighted by molar-refractivity contribution is -0.117. The van der Waals surface area contributed by atoms with Gasteiger partial charge in [0.2, 0.25) is 5.91 Å². The van der Waals surface area contributed by atoms with Crippen LogP contribution in [0.3, 0.4) is 0 Å². The summed E-state index contributed by atoms with van der Waals surface area (Å²) < 4.78 is 0. The molecule has 0 unspecified atom stereocenters. The summed E-state index contributed by atoms with van der Waals surface area (Å²) in [7, 11) is 0. The van der Waals surface area contributed by atoms with Crippen LogP contribution in [0.4, 0.5) is 17.1 Å². The van der Waals surface area contributed by atoms with Crippen LogP contribution in [-0.4, -0.2) is 11.0 Å². The zero-order chi connectivity index (χ0) is 21.8. The molecule has 31 heavy (non-hydrogen) atoms. The summed E-state index contributed by atoms with van der Waals surface area (Å²) in [5, 5.41) is 6.15. The van der Waals surface area contributed by atoms with Crippen molar-refractivity contribution in [2.24, 2.45) is 5.73 Å². The van der Waals surface area contributed by atoms with Crippen LogP contribution < -0.4 is 16.0 Å². The minimum absolute atomic E-state index is 0.134. The highest BCUT2D eigenvalue weighted by atomic mass is 32.1. The van der Waals surface area contributed by atoms with Gasteiger partial charge in [-0.3, -0.25) is 9.69 Å². The van der Waals surface area contributed by atoms with Gasteiger partial charge in [0.1, 0.15) is 0 Å². The van der Waals surface area contributed by atoms with Crippen molar-refractivity contribution in [2.75, 3.05) is 10.2 Å². The highest BCUT2D eigenvalue weighted by molar-refractivity contribution is 7.80. The van der Waals surface area contributed by atoms with Crippen molar-refractivity contribution in [3.63, 3.8) is 0 Å². The van der Waals surface area contributed by atoms with Crippen molar-refractivity contribution in [3.05, 3.63) is 102 Å². The first-order valence-electron chi connectivity index (χ1n) is 10.0. The number of amides is 1. The molecule has 0 aliphatic heterocycles. The van der Waals surface area contributed by atoms with Crippen molar-refractivity contribution in [1.82, 2.24) is 0 Å². The normalized spacial score (nSPS) is 10.6. The molecule has 0 radical (unpaired) electrons. The molecule has 0 bridgehead atoms. The summed E-state index contributed by atoms with van der Waals surface area (Å²) in [4.78, 5) is 13.6. The van der Waals surface area contributed by atoms with Crippen molar-refractivity contribution < 1.29 is 4.79 Å². The summed E-state index contributed by atoms with van der Waals surface area (Å²) in [6.45, 7) is 2.04. The molecule has 1 amide bonds. The van der Waals surface area contributed by atoms with Gasteiger partial charge in [-0.15, -0.1) is 0 Å². The highest BCUT2D eigenvalue weighted by Crippen LogP contribution is 2.31. The first-order valence-corrected chi connectivity index (χ1v) is 10.5. The largest absolute Gasteiger partial charge is 0.369 e. The monoisotopic (exact) mass is 425 g/mol. The number of carbonyl (C=O) groups excluding carboxylic acids is 1. The summed E-state index contributed by atoms with van der Waals surface area (Å²) in [6.07, 6.45) is 0.134. The van der Waals surface area contributed by atoms with E-state index in [9.17, 15) is 4.79 Å². The molecule has 0 aromatic heterocycles. The molecule has 0 saturated heterocycles. The van der Waals surface area contributed by atoms with Crippen LogP contribution in [0.5, 0.6) is 0 Å². The molecule has 4 nitrogen and oxygen atoms in total. The van der Waals surface area contributed by atoms with E-state index in [1.54, 1.807) is 0 Å². The molecule has 4 aromatic rings. The van der Waals surface area contributed by atoms with Crippen LogP contribution in [0.25, 0.3) is 10.8 Å². The van der Waals surface area contributed by atoms with Crippen molar-refractivity contribution in [2.45, 2.75) is 13.3 Å². The lowest BCUT2D eigenvalue weighted by Gasteiger charge is -2.28. The fourth-order valence-corrected chi connectivity index (χ4v) is 3.94. The zero-order valence-corrected chi connectivity index (χ0v) is 18.0. The number of benzene rings is 4. The van der Waals surface area contributed by atoms with E-state index in [4.69, 9.17) is 18.0 Å². The summed E-state index contributed by atoms with van der Waals surface area (Å²) in [5.74, 6) is -0.385. The Balaban J connectivity index is 1.79. The van der Waals surface area contributed by atoms with Gasteiger partial charge in [-0.05, 0) is 54.4 Å². The number of fused-ring (bicyclic) bond motifs is 1. The average Bonchev–Trinajstić information content (AvgIpc) is 2.76. The summed E-state index contributed by atoms with van der Waals surface area (Å²) in [5.41, 5.74) is 10.1. The Morgan fingerprint density at radius 1 is 0.903 bits per heavy atom. The van der Waals surface area contributed by atoms with Crippen LogP contribution in [0.15, 0.2) is 91.0 Å². The molecule has 0 fully saturated rings. The van der Waals surface area contributed by atoms with Gasteiger partial charge < -0.3 is 11.1 Å². The van der Waals surface area contributed by atoms with Crippen LogP contribution >= 0.6 is 12.2 Å². The number of hydrogen-bond donors (Lipinski definition) is 2. The van der Waals surface area contributed by atoms with Crippen molar-refractivity contribution in [1.29, 1.82) is 0 Å². The van der Waals surface area contributed by atoms with Gasteiger partial charge in [0.25, 0.3) is 0 Å². The Morgan fingerprint density at radius 2 is 1.58 bits per heavy atom. The van der Waals surface area contributed by atoms with E-state index in [0.717, 1.165) is 39.0 Å². The van der Waals surface area contributed by atoms with E-state index >= 15 is 0 Å². The molecular formula is C26H23N3OS. The first kappa shape index (κ1) is 20.6. The predicted octanol–water partition coefficient (Wildman–Crippen LogP) is 5.71. The van der Waals surface area contributed by atoms with Gasteiger partial charge in [0, 0.05) is 16.8 Å². The molecule has 154 valence electrons. The second-order valence-corrected chi connectivity index (χ2v) is 7.79. The second kappa shape index (κ2) is 8.98. The zero-order valence-electron chi connectivity index (χ0n) is 17.2. The number of primary amides is 1. The Morgan fingerprint density at radius 3 is 2.35 bits per heavy atom. The van der Waals surface area contributed by atoms with Gasteiger partial charge >= 0.3 is 0 Å². The SMILES string of the molecule is Cc1ccc(N(C(=S)Nc2cccc3ccccc23)c2ccccc2CC(N)=O)cc1. The quantitative estimate of drug-likeness (QED) is 0.402. The predicted molar refractivity (Wildman–Crippen MR) is 133 cm³/mol. The minimum Gasteiger partial charge on any atom is -0.369 e. The summed E-state index contributed by atoms with van der Waals surface area (Å²) in [6, 6.07) is 30.1. The van der Waals surface area contributed by atoms with Gasteiger partial charge in [0.05, 0.1) is 12.1 Å². The van der Waals surface area contributed by atoms with Crippen LogP contribution in [0, 0.1) is 6.92 Å². The number of nitrogens with two attached hydrogens (primary N) is 1. The third-order valence-electron chi connectivity index (χ3n) is 5.12. The lowest BCUT2D eigenvalue weighted by atomic mass is 10.1. The molecule has 0 heterocycles. The number of anilines is 3. The van der Waals surface area contributed by atoms with Crippen LogP contribution in [0.2, 0.25) is 0 Å². The Bertz CT molecular complexity index is 1250. The Labute approximate surface area is 187 Å². The second-order valence-electron chi connectivity index (χ2n) is 7.40. The molecule has 3 N–H and O–H groups in total. The molecular weight excluding hydrogens is 402 g/mol. The number of thiocarbonyl (C=S) groups is 1. The van der Waals surface area contributed by atoms with E-state index in [0.29, 0.717) is 5.11 Å². The maximum Gasteiger partial charge on any atom is 0.221 e. The molecule has 0 spiro atoms. The van der Waals surface area contributed by atoms with Crippen molar-refractivity contribution in [3.8, 4) is 0 Å². The van der Waals surface area contributed by atoms with Crippen LogP contribution in [-0.2, 0) is 11.2 Å². The van der Waals surface area contributed by atoms with Gasteiger partial charge in [0.15, 0.2) is 5.11 Å². The smallest absolute Gasteiger partial charge is 0.221 e. The molecule has 0 atom stereocenters. The molecule has 5 heteroatoms. The maximum absolute atomic E-state index is 11.7. The fraction of sp³-hybridized carbons (Fsp3) is 0.0769. The number of rotatable bonds is 5. The van der Waals surface area contributed by atoms with Crippen molar-refractivity contribution >= 4 is 51.1 Å². The highest BCUT2D eigenvalue weighted by Gasteiger charge is 2.19. The molecule has 4 rings (SSSR count). The lowest BCUT2D eigenvalue weighted by Crippen LogP contribution is -2.32.